The summed E-state index contributed by atoms with van der Waals surface area (Å²) in [5.41, 5.74) is 5.06. The summed E-state index contributed by atoms with van der Waals surface area (Å²) in [6.45, 7) is 4.03. The zero-order chi connectivity index (χ0) is 16.9. The summed E-state index contributed by atoms with van der Waals surface area (Å²) >= 11 is 0. The van der Waals surface area contributed by atoms with Crippen molar-refractivity contribution < 1.29 is 4.79 Å². The Balaban J connectivity index is 1.61. The van der Waals surface area contributed by atoms with Gasteiger partial charge in [0.1, 0.15) is 0 Å². The molecule has 2 N–H and O–H groups in total. The second-order valence-corrected chi connectivity index (χ2v) is 6.70. The van der Waals surface area contributed by atoms with Gasteiger partial charge in [-0.1, -0.05) is 36.4 Å². The maximum atomic E-state index is 12.3. The summed E-state index contributed by atoms with van der Waals surface area (Å²) in [5.74, 6) is -0.00832. The molecule has 0 radical (unpaired) electrons. The van der Waals surface area contributed by atoms with Crippen LogP contribution in [0.15, 0.2) is 48.5 Å². The molecular weight excluding hydrogens is 296 g/mol. The number of carbonyl (C=O) groups excluding carboxylic acids is 1. The molecule has 126 valence electrons. The molecule has 0 bridgehead atoms. The van der Waals surface area contributed by atoms with Gasteiger partial charge in [0.05, 0.1) is 6.04 Å². The lowest BCUT2D eigenvalue weighted by Gasteiger charge is -2.22. The number of benzene rings is 2. The average Bonchev–Trinajstić information content (AvgIpc) is 2.62. The molecule has 3 rings (SSSR count). The van der Waals surface area contributed by atoms with Crippen LogP contribution in [0, 0.1) is 0 Å². The van der Waals surface area contributed by atoms with E-state index >= 15 is 0 Å². The third-order valence-corrected chi connectivity index (χ3v) is 4.81. The summed E-state index contributed by atoms with van der Waals surface area (Å²) in [6, 6.07) is 16.2. The largest absolute Gasteiger partial charge is 0.325 e. The van der Waals surface area contributed by atoms with E-state index in [1.807, 2.05) is 37.3 Å². The number of carbonyl (C=O) groups is 1. The average molecular weight is 322 g/mol. The quantitative estimate of drug-likeness (QED) is 0.864. The second-order valence-electron chi connectivity index (χ2n) is 6.70. The van der Waals surface area contributed by atoms with E-state index in [9.17, 15) is 4.79 Å². The first-order chi connectivity index (χ1) is 11.6. The minimum absolute atomic E-state index is 0.00832. The zero-order valence-electron chi connectivity index (χ0n) is 14.5. The van der Waals surface area contributed by atoms with Crippen LogP contribution < -0.4 is 10.6 Å². The highest BCUT2D eigenvalue weighted by molar-refractivity contribution is 5.94. The minimum atomic E-state index is -0.253. The highest BCUT2D eigenvalue weighted by atomic mass is 16.2. The molecule has 2 atom stereocenters. The van der Waals surface area contributed by atoms with E-state index in [1.165, 1.54) is 42.4 Å². The highest BCUT2D eigenvalue weighted by Crippen LogP contribution is 2.25. The van der Waals surface area contributed by atoms with Crippen LogP contribution in [-0.2, 0) is 17.6 Å². The Kier molecular flexibility index (Phi) is 5.31. The molecule has 1 aliphatic rings. The molecule has 2 aromatic carbocycles. The smallest absolute Gasteiger partial charge is 0.241 e. The fourth-order valence-electron chi connectivity index (χ4n) is 3.34. The number of rotatable bonds is 5. The first-order valence-corrected chi connectivity index (χ1v) is 8.87. The molecule has 0 fully saturated rings. The molecule has 1 aliphatic carbocycles. The van der Waals surface area contributed by atoms with E-state index in [1.54, 1.807) is 0 Å². The second kappa shape index (κ2) is 7.63. The van der Waals surface area contributed by atoms with Gasteiger partial charge in [0.25, 0.3) is 0 Å². The molecule has 1 amide bonds. The normalized spacial score (nSPS) is 16.1. The standard InChI is InChI=1S/C21H26N2O/c1-15(18-13-12-17-8-6-7-9-19(17)14-18)22-16(2)21(24)23-20-10-4-3-5-11-20/h3-5,10-16,22H,6-9H2,1-2H3,(H,23,24)/t15-,16-/m0/s1. The van der Waals surface area contributed by atoms with Gasteiger partial charge in [0.2, 0.25) is 5.91 Å². The van der Waals surface area contributed by atoms with Gasteiger partial charge in [0.15, 0.2) is 0 Å². The van der Waals surface area contributed by atoms with Crippen molar-refractivity contribution in [2.24, 2.45) is 0 Å². The molecule has 24 heavy (non-hydrogen) atoms. The molecule has 0 aliphatic heterocycles. The minimum Gasteiger partial charge on any atom is -0.325 e. The number of aryl methyl sites for hydroxylation is 2. The molecule has 3 heteroatoms. The van der Waals surface area contributed by atoms with Crippen molar-refractivity contribution in [3.05, 3.63) is 65.2 Å². The Bertz CT molecular complexity index is 696. The predicted molar refractivity (Wildman–Crippen MR) is 99.2 cm³/mol. The van der Waals surface area contributed by atoms with E-state index in [4.69, 9.17) is 0 Å². The van der Waals surface area contributed by atoms with Crippen molar-refractivity contribution in [2.45, 2.75) is 51.6 Å². The molecule has 0 spiro atoms. The van der Waals surface area contributed by atoms with Crippen LogP contribution in [0.2, 0.25) is 0 Å². The number of fused-ring (bicyclic) bond motifs is 1. The first kappa shape index (κ1) is 16.7. The van der Waals surface area contributed by atoms with E-state index in [-0.39, 0.29) is 18.0 Å². The van der Waals surface area contributed by atoms with Crippen LogP contribution in [0.4, 0.5) is 5.69 Å². The van der Waals surface area contributed by atoms with Crippen LogP contribution in [0.25, 0.3) is 0 Å². The summed E-state index contributed by atoms with van der Waals surface area (Å²) in [7, 11) is 0. The Morgan fingerprint density at radius 1 is 0.958 bits per heavy atom. The number of amides is 1. The maximum absolute atomic E-state index is 12.3. The van der Waals surface area contributed by atoms with E-state index in [0.29, 0.717) is 0 Å². The lowest BCUT2D eigenvalue weighted by molar-refractivity contribution is -0.117. The lowest BCUT2D eigenvalue weighted by atomic mass is 9.89. The number of para-hydroxylation sites is 1. The summed E-state index contributed by atoms with van der Waals surface area (Å²) < 4.78 is 0. The molecule has 0 unspecified atom stereocenters. The van der Waals surface area contributed by atoms with Crippen molar-refractivity contribution in [3.63, 3.8) is 0 Å². The van der Waals surface area contributed by atoms with Gasteiger partial charge in [-0.2, -0.15) is 0 Å². The fourth-order valence-corrected chi connectivity index (χ4v) is 3.34. The molecule has 0 heterocycles. The Morgan fingerprint density at radius 2 is 1.67 bits per heavy atom. The van der Waals surface area contributed by atoms with Gasteiger partial charge in [-0.05, 0) is 68.4 Å². The van der Waals surface area contributed by atoms with E-state index in [2.05, 4.69) is 35.8 Å². The third kappa shape index (κ3) is 4.04. The summed E-state index contributed by atoms with van der Waals surface area (Å²) in [4.78, 5) is 12.3. The van der Waals surface area contributed by atoms with Crippen LogP contribution in [0.1, 0.15) is 49.4 Å². The maximum Gasteiger partial charge on any atom is 0.241 e. The lowest BCUT2D eigenvalue weighted by Crippen LogP contribution is -2.39. The van der Waals surface area contributed by atoms with Gasteiger partial charge in [-0.25, -0.2) is 0 Å². The Hall–Kier alpha value is -2.13. The summed E-state index contributed by atoms with van der Waals surface area (Å²) in [5, 5.41) is 6.36. The number of anilines is 1. The van der Waals surface area contributed by atoms with Crippen LogP contribution >= 0.6 is 0 Å². The molecule has 0 saturated carbocycles. The zero-order valence-corrected chi connectivity index (χ0v) is 14.5. The Labute approximate surface area is 144 Å². The predicted octanol–water partition coefficient (Wildman–Crippen LogP) is 4.24. The summed E-state index contributed by atoms with van der Waals surface area (Å²) in [6.07, 6.45) is 4.97. The van der Waals surface area contributed by atoms with E-state index < -0.39 is 0 Å². The van der Waals surface area contributed by atoms with Gasteiger partial charge in [-0.3, -0.25) is 10.1 Å². The topological polar surface area (TPSA) is 41.1 Å². The number of hydrogen-bond donors (Lipinski definition) is 2. The van der Waals surface area contributed by atoms with Crippen molar-refractivity contribution >= 4 is 11.6 Å². The van der Waals surface area contributed by atoms with Crippen molar-refractivity contribution in [3.8, 4) is 0 Å². The molecular formula is C21H26N2O. The van der Waals surface area contributed by atoms with Crippen molar-refractivity contribution in [1.29, 1.82) is 0 Å². The van der Waals surface area contributed by atoms with Crippen LogP contribution in [0.5, 0.6) is 0 Å². The van der Waals surface area contributed by atoms with E-state index in [0.717, 1.165) is 5.69 Å². The van der Waals surface area contributed by atoms with Crippen LogP contribution in [-0.4, -0.2) is 11.9 Å². The van der Waals surface area contributed by atoms with Gasteiger partial charge in [0, 0.05) is 11.7 Å². The fraction of sp³-hybridized carbons (Fsp3) is 0.381. The van der Waals surface area contributed by atoms with Gasteiger partial charge < -0.3 is 5.32 Å². The molecule has 3 nitrogen and oxygen atoms in total. The molecule has 2 aromatic rings. The number of hydrogen-bond acceptors (Lipinski definition) is 2. The monoisotopic (exact) mass is 322 g/mol. The first-order valence-electron chi connectivity index (χ1n) is 8.87. The third-order valence-electron chi connectivity index (χ3n) is 4.81. The number of nitrogens with one attached hydrogen (secondary N) is 2. The van der Waals surface area contributed by atoms with Gasteiger partial charge >= 0.3 is 0 Å². The van der Waals surface area contributed by atoms with Crippen LogP contribution in [0.3, 0.4) is 0 Å². The highest BCUT2D eigenvalue weighted by Gasteiger charge is 2.18. The van der Waals surface area contributed by atoms with Crippen molar-refractivity contribution in [1.82, 2.24) is 5.32 Å². The van der Waals surface area contributed by atoms with Gasteiger partial charge in [-0.15, -0.1) is 0 Å². The van der Waals surface area contributed by atoms with Crippen molar-refractivity contribution in [2.75, 3.05) is 5.32 Å². The molecule has 0 aromatic heterocycles. The SMILES string of the molecule is C[C@H](N[C@@H](C)c1ccc2c(c1)CCCC2)C(=O)Nc1ccccc1. The molecule has 0 saturated heterocycles. The Morgan fingerprint density at radius 3 is 2.42 bits per heavy atom.